The minimum absolute atomic E-state index is 0.00550. The van der Waals surface area contributed by atoms with Gasteiger partial charge in [-0.25, -0.2) is 0 Å². The van der Waals surface area contributed by atoms with Crippen LogP contribution in [0, 0.1) is 11.8 Å². The average Bonchev–Trinajstić information content (AvgIpc) is 2.57. The topological polar surface area (TPSA) is 49.9 Å². The minimum atomic E-state index is -0.0432. The van der Waals surface area contributed by atoms with E-state index in [2.05, 4.69) is 13.8 Å². The van der Waals surface area contributed by atoms with Crippen LogP contribution < -0.4 is 9.64 Å². The van der Waals surface area contributed by atoms with E-state index in [0.717, 1.165) is 24.5 Å². The molecule has 3 atom stereocenters. The quantitative estimate of drug-likeness (QED) is 0.847. The number of ether oxygens (including phenoxy) is 1. The Labute approximate surface area is 149 Å². The molecule has 0 bridgehead atoms. The van der Waals surface area contributed by atoms with Gasteiger partial charge in [0.1, 0.15) is 11.9 Å². The van der Waals surface area contributed by atoms with Crippen molar-refractivity contribution in [2.45, 2.75) is 46.1 Å². The third-order valence-corrected chi connectivity index (χ3v) is 5.00. The summed E-state index contributed by atoms with van der Waals surface area (Å²) in [5.74, 6) is 1.90. The molecular formula is C20H28N2O3. The van der Waals surface area contributed by atoms with Crippen molar-refractivity contribution in [1.82, 2.24) is 4.90 Å². The van der Waals surface area contributed by atoms with Gasteiger partial charge in [-0.15, -0.1) is 0 Å². The maximum atomic E-state index is 12.7. The van der Waals surface area contributed by atoms with Gasteiger partial charge in [-0.05, 0) is 37.3 Å². The van der Waals surface area contributed by atoms with E-state index in [1.54, 1.807) is 4.90 Å². The van der Waals surface area contributed by atoms with Crippen LogP contribution in [0.15, 0.2) is 24.3 Å². The number of fused-ring (bicyclic) bond motifs is 1. The molecule has 5 nitrogen and oxygen atoms in total. The number of piperidine rings is 1. The van der Waals surface area contributed by atoms with Crippen molar-refractivity contribution in [2.75, 3.05) is 24.5 Å². The van der Waals surface area contributed by atoms with E-state index < -0.39 is 0 Å². The van der Waals surface area contributed by atoms with E-state index in [-0.39, 0.29) is 30.8 Å². The number of amides is 2. The normalized spacial score (nSPS) is 26.0. The molecule has 25 heavy (non-hydrogen) atoms. The summed E-state index contributed by atoms with van der Waals surface area (Å²) in [7, 11) is 0. The molecule has 1 saturated heterocycles. The van der Waals surface area contributed by atoms with E-state index in [9.17, 15) is 9.59 Å². The van der Waals surface area contributed by atoms with Crippen LogP contribution >= 0.6 is 0 Å². The number of hydrogen-bond acceptors (Lipinski definition) is 3. The van der Waals surface area contributed by atoms with Crippen molar-refractivity contribution >= 4 is 17.5 Å². The average molecular weight is 344 g/mol. The van der Waals surface area contributed by atoms with Crippen molar-refractivity contribution in [3.63, 3.8) is 0 Å². The largest absolute Gasteiger partial charge is 0.487 e. The van der Waals surface area contributed by atoms with Crippen molar-refractivity contribution < 1.29 is 14.3 Å². The monoisotopic (exact) mass is 344 g/mol. The predicted molar refractivity (Wildman–Crippen MR) is 97.6 cm³/mol. The Morgan fingerprint density at radius 1 is 1.00 bits per heavy atom. The SMILES string of the molecule is C[C@@H]1C[C@H](C)CN(C(=O)CCC(=O)N2C[C@H](C)Oc3ccccc32)C1. The highest BCUT2D eigenvalue weighted by atomic mass is 16.5. The van der Waals surface area contributed by atoms with Gasteiger partial charge in [0.05, 0.1) is 12.2 Å². The lowest BCUT2D eigenvalue weighted by atomic mass is 9.91. The van der Waals surface area contributed by atoms with Crippen molar-refractivity contribution in [1.29, 1.82) is 0 Å². The first kappa shape index (κ1) is 17.8. The lowest BCUT2D eigenvalue weighted by Gasteiger charge is -2.35. The van der Waals surface area contributed by atoms with Crippen molar-refractivity contribution in [3.8, 4) is 5.75 Å². The van der Waals surface area contributed by atoms with Crippen LogP contribution in [0.4, 0.5) is 5.69 Å². The van der Waals surface area contributed by atoms with Crippen molar-refractivity contribution in [3.05, 3.63) is 24.3 Å². The zero-order valence-electron chi connectivity index (χ0n) is 15.4. The van der Waals surface area contributed by atoms with Crippen LogP contribution in [0.5, 0.6) is 5.75 Å². The molecule has 0 saturated carbocycles. The maximum Gasteiger partial charge on any atom is 0.227 e. The summed E-state index contributed by atoms with van der Waals surface area (Å²) in [5.41, 5.74) is 0.804. The first-order valence-electron chi connectivity index (χ1n) is 9.28. The third kappa shape index (κ3) is 4.14. The lowest BCUT2D eigenvalue weighted by molar-refractivity contribution is -0.135. The molecule has 2 amide bonds. The predicted octanol–water partition coefficient (Wildman–Crippen LogP) is 3.09. The van der Waals surface area contributed by atoms with Gasteiger partial charge < -0.3 is 14.5 Å². The number of rotatable bonds is 3. The second-order valence-corrected chi connectivity index (χ2v) is 7.65. The Balaban J connectivity index is 1.60. The maximum absolute atomic E-state index is 12.7. The molecule has 0 spiro atoms. The molecule has 1 aromatic carbocycles. The smallest absolute Gasteiger partial charge is 0.227 e. The Hall–Kier alpha value is -2.04. The van der Waals surface area contributed by atoms with E-state index in [1.807, 2.05) is 36.1 Å². The second-order valence-electron chi connectivity index (χ2n) is 7.65. The summed E-state index contributed by atoms with van der Waals surface area (Å²) in [5, 5.41) is 0. The Bertz CT molecular complexity index is 636. The molecular weight excluding hydrogens is 316 g/mol. The van der Waals surface area contributed by atoms with Crippen LogP contribution in [0.2, 0.25) is 0 Å². The van der Waals surface area contributed by atoms with E-state index in [0.29, 0.717) is 18.4 Å². The van der Waals surface area contributed by atoms with Gasteiger partial charge in [0.25, 0.3) is 0 Å². The molecule has 0 radical (unpaired) electrons. The van der Waals surface area contributed by atoms with Gasteiger partial charge in [0.15, 0.2) is 0 Å². The van der Waals surface area contributed by atoms with Gasteiger partial charge in [-0.1, -0.05) is 26.0 Å². The fourth-order valence-electron chi connectivity index (χ4n) is 4.00. The van der Waals surface area contributed by atoms with E-state index >= 15 is 0 Å². The molecule has 136 valence electrons. The zero-order valence-corrected chi connectivity index (χ0v) is 15.4. The zero-order chi connectivity index (χ0) is 18.0. The molecule has 2 aliphatic heterocycles. The van der Waals surface area contributed by atoms with Gasteiger partial charge in [0.2, 0.25) is 11.8 Å². The number of benzene rings is 1. The number of para-hydroxylation sites is 2. The summed E-state index contributed by atoms with van der Waals surface area (Å²) < 4.78 is 5.79. The molecule has 0 aliphatic carbocycles. The fraction of sp³-hybridized carbons (Fsp3) is 0.600. The Morgan fingerprint density at radius 3 is 2.36 bits per heavy atom. The molecule has 1 aromatic rings. The molecule has 0 aromatic heterocycles. The first-order valence-corrected chi connectivity index (χ1v) is 9.28. The molecule has 2 heterocycles. The standard InChI is InChI=1S/C20H28N2O3/c1-14-10-15(2)12-21(11-14)19(23)8-9-20(24)22-13-16(3)25-18-7-5-4-6-17(18)22/h4-7,14-16H,8-13H2,1-3H3/t14-,15+,16-/m0/s1. The molecule has 2 aliphatic rings. The van der Waals surface area contributed by atoms with Gasteiger partial charge in [-0.3, -0.25) is 9.59 Å². The van der Waals surface area contributed by atoms with Crippen LogP contribution in [-0.4, -0.2) is 42.5 Å². The molecule has 5 heteroatoms. The van der Waals surface area contributed by atoms with E-state index in [1.165, 1.54) is 6.42 Å². The number of carbonyl (C=O) groups excluding carboxylic acids is 2. The summed E-state index contributed by atoms with van der Waals surface area (Å²) in [6.45, 7) is 8.49. The second kappa shape index (κ2) is 7.46. The molecule has 0 N–H and O–H groups in total. The summed E-state index contributed by atoms with van der Waals surface area (Å²) in [6, 6.07) is 7.59. The lowest BCUT2D eigenvalue weighted by Crippen LogP contribution is -2.44. The Morgan fingerprint density at radius 2 is 1.64 bits per heavy atom. The summed E-state index contributed by atoms with van der Waals surface area (Å²) >= 11 is 0. The van der Waals surface area contributed by atoms with Crippen LogP contribution in [0.3, 0.4) is 0 Å². The molecule has 1 fully saturated rings. The summed E-state index contributed by atoms with van der Waals surface area (Å²) in [6.07, 6.45) is 1.66. The minimum Gasteiger partial charge on any atom is -0.487 e. The number of hydrogen-bond donors (Lipinski definition) is 0. The first-order chi connectivity index (χ1) is 11.9. The highest BCUT2D eigenvalue weighted by Crippen LogP contribution is 2.33. The van der Waals surface area contributed by atoms with E-state index in [4.69, 9.17) is 4.74 Å². The molecule has 0 unspecified atom stereocenters. The van der Waals surface area contributed by atoms with Crippen LogP contribution in [-0.2, 0) is 9.59 Å². The van der Waals surface area contributed by atoms with Crippen LogP contribution in [0.1, 0.15) is 40.0 Å². The highest BCUT2D eigenvalue weighted by Gasteiger charge is 2.29. The number of likely N-dealkylation sites (tertiary alicyclic amines) is 1. The van der Waals surface area contributed by atoms with Crippen molar-refractivity contribution in [2.24, 2.45) is 11.8 Å². The van der Waals surface area contributed by atoms with Gasteiger partial charge in [0, 0.05) is 25.9 Å². The third-order valence-electron chi connectivity index (χ3n) is 5.00. The van der Waals surface area contributed by atoms with Crippen LogP contribution in [0.25, 0.3) is 0 Å². The summed E-state index contributed by atoms with van der Waals surface area (Å²) in [4.78, 5) is 28.9. The molecule has 3 rings (SSSR count). The Kier molecular flexibility index (Phi) is 5.30. The van der Waals surface area contributed by atoms with Gasteiger partial charge in [-0.2, -0.15) is 0 Å². The van der Waals surface area contributed by atoms with Gasteiger partial charge >= 0.3 is 0 Å². The number of nitrogens with zero attached hydrogens (tertiary/aromatic N) is 2. The fourth-order valence-corrected chi connectivity index (χ4v) is 4.00. The number of anilines is 1. The highest BCUT2D eigenvalue weighted by molar-refractivity contribution is 5.97. The number of carbonyl (C=O) groups is 2.